The zero-order chi connectivity index (χ0) is 13.7. The Balaban J connectivity index is 1.89. The van der Waals surface area contributed by atoms with Crippen molar-refractivity contribution < 1.29 is 4.21 Å². The van der Waals surface area contributed by atoms with Crippen molar-refractivity contribution in [1.82, 2.24) is 5.32 Å². The highest BCUT2D eigenvalue weighted by Gasteiger charge is 2.33. The van der Waals surface area contributed by atoms with E-state index in [0.29, 0.717) is 11.3 Å². The van der Waals surface area contributed by atoms with Crippen LogP contribution in [0.25, 0.3) is 0 Å². The van der Waals surface area contributed by atoms with Crippen LogP contribution in [0, 0.1) is 11.8 Å². The maximum atomic E-state index is 12.7. The van der Waals surface area contributed by atoms with Gasteiger partial charge in [0.1, 0.15) is 0 Å². The van der Waals surface area contributed by atoms with Crippen LogP contribution < -0.4 is 5.32 Å². The van der Waals surface area contributed by atoms with Crippen molar-refractivity contribution in [3.8, 4) is 0 Å². The summed E-state index contributed by atoms with van der Waals surface area (Å²) in [6.45, 7) is 5.62. The maximum absolute atomic E-state index is 12.7. The second-order valence-corrected chi connectivity index (χ2v) is 8.42. The molecule has 0 bridgehead atoms. The van der Waals surface area contributed by atoms with Gasteiger partial charge in [0.25, 0.3) is 0 Å². The zero-order valence-electron chi connectivity index (χ0n) is 12.7. The van der Waals surface area contributed by atoms with Crippen molar-refractivity contribution in [2.75, 3.05) is 12.3 Å². The summed E-state index contributed by atoms with van der Waals surface area (Å²) in [5.41, 5.74) is 0. The van der Waals surface area contributed by atoms with E-state index in [1.54, 1.807) is 0 Å². The van der Waals surface area contributed by atoms with Gasteiger partial charge in [-0.3, -0.25) is 4.21 Å². The van der Waals surface area contributed by atoms with Gasteiger partial charge in [-0.05, 0) is 56.9 Å². The Morgan fingerprint density at radius 3 is 2.58 bits per heavy atom. The van der Waals surface area contributed by atoms with Crippen molar-refractivity contribution in [2.45, 2.75) is 76.5 Å². The van der Waals surface area contributed by atoms with Gasteiger partial charge in [-0.1, -0.05) is 26.7 Å². The monoisotopic (exact) mass is 285 g/mol. The summed E-state index contributed by atoms with van der Waals surface area (Å²) in [6, 6.07) is 0.512. The molecule has 2 fully saturated rings. The topological polar surface area (TPSA) is 29.1 Å². The fraction of sp³-hybridized carbons (Fsp3) is 1.00. The second-order valence-electron chi connectivity index (χ2n) is 6.72. The number of hydrogen-bond acceptors (Lipinski definition) is 2. The molecule has 0 heterocycles. The van der Waals surface area contributed by atoms with Gasteiger partial charge in [0.2, 0.25) is 0 Å². The minimum Gasteiger partial charge on any atom is -0.313 e. The smallest absolute Gasteiger partial charge is 0.0503 e. The van der Waals surface area contributed by atoms with E-state index in [0.717, 1.165) is 24.1 Å². The molecule has 19 heavy (non-hydrogen) atoms. The van der Waals surface area contributed by atoms with Gasteiger partial charge in [0.05, 0.1) is 5.25 Å². The van der Waals surface area contributed by atoms with E-state index >= 15 is 0 Å². The van der Waals surface area contributed by atoms with Crippen LogP contribution in [-0.2, 0) is 10.8 Å². The zero-order valence-corrected chi connectivity index (χ0v) is 13.5. The van der Waals surface area contributed by atoms with Gasteiger partial charge in [0.15, 0.2) is 0 Å². The molecular weight excluding hydrogens is 254 g/mol. The molecule has 4 unspecified atom stereocenters. The van der Waals surface area contributed by atoms with Crippen LogP contribution in [0.1, 0.15) is 65.2 Å². The highest BCUT2D eigenvalue weighted by molar-refractivity contribution is 7.85. The SMILES string of the molecule is CCCNC1CCC(C)CC1S(=O)CC1CCCC1. The largest absolute Gasteiger partial charge is 0.313 e. The first-order chi connectivity index (χ1) is 9.20. The van der Waals surface area contributed by atoms with Gasteiger partial charge in [0, 0.05) is 22.6 Å². The van der Waals surface area contributed by atoms with Crippen LogP contribution in [0.15, 0.2) is 0 Å². The fourth-order valence-electron chi connectivity index (χ4n) is 3.72. The van der Waals surface area contributed by atoms with Crippen molar-refractivity contribution in [2.24, 2.45) is 11.8 Å². The minimum atomic E-state index is -0.613. The summed E-state index contributed by atoms with van der Waals surface area (Å²) in [6.07, 6.45) is 10.2. The predicted molar refractivity (Wildman–Crippen MR) is 83.9 cm³/mol. The van der Waals surface area contributed by atoms with Gasteiger partial charge < -0.3 is 5.32 Å². The Morgan fingerprint density at radius 1 is 1.16 bits per heavy atom. The Hall–Kier alpha value is 0.110. The summed E-state index contributed by atoms with van der Waals surface area (Å²) in [7, 11) is -0.613. The van der Waals surface area contributed by atoms with Crippen molar-refractivity contribution >= 4 is 10.8 Å². The lowest BCUT2D eigenvalue weighted by Gasteiger charge is -2.35. The normalized spacial score (nSPS) is 34.5. The fourth-order valence-corrected chi connectivity index (χ4v) is 5.90. The highest BCUT2D eigenvalue weighted by Crippen LogP contribution is 2.31. The van der Waals surface area contributed by atoms with Gasteiger partial charge in [-0.2, -0.15) is 0 Å². The summed E-state index contributed by atoms with van der Waals surface area (Å²) in [5, 5.41) is 4.07. The molecule has 0 aromatic rings. The minimum absolute atomic E-state index is 0.413. The van der Waals surface area contributed by atoms with E-state index in [9.17, 15) is 4.21 Å². The summed E-state index contributed by atoms with van der Waals surface area (Å²) < 4.78 is 12.7. The Bertz CT molecular complexity index is 286. The van der Waals surface area contributed by atoms with Crippen molar-refractivity contribution in [3.63, 3.8) is 0 Å². The summed E-state index contributed by atoms with van der Waals surface area (Å²) >= 11 is 0. The third kappa shape index (κ3) is 4.56. The molecule has 2 nitrogen and oxygen atoms in total. The molecule has 0 aromatic carbocycles. The van der Waals surface area contributed by atoms with E-state index in [4.69, 9.17) is 0 Å². The van der Waals surface area contributed by atoms with Crippen LogP contribution in [0.5, 0.6) is 0 Å². The van der Waals surface area contributed by atoms with Crippen LogP contribution in [0.4, 0.5) is 0 Å². The van der Waals surface area contributed by atoms with Crippen molar-refractivity contribution in [1.29, 1.82) is 0 Å². The quantitative estimate of drug-likeness (QED) is 0.809. The number of hydrogen-bond donors (Lipinski definition) is 1. The lowest BCUT2D eigenvalue weighted by atomic mass is 9.87. The van der Waals surface area contributed by atoms with E-state index in [-0.39, 0.29) is 0 Å². The molecule has 0 amide bonds. The van der Waals surface area contributed by atoms with E-state index in [1.165, 1.54) is 51.4 Å². The molecule has 2 saturated carbocycles. The molecule has 0 spiro atoms. The lowest BCUT2D eigenvalue weighted by molar-refractivity contribution is 0.313. The first-order valence-corrected chi connectivity index (χ1v) is 9.69. The first kappa shape index (κ1) is 15.5. The third-order valence-electron chi connectivity index (χ3n) is 4.92. The average molecular weight is 285 g/mol. The molecule has 112 valence electrons. The molecule has 2 aliphatic rings. The van der Waals surface area contributed by atoms with Gasteiger partial charge >= 0.3 is 0 Å². The summed E-state index contributed by atoms with van der Waals surface area (Å²) in [4.78, 5) is 0. The molecule has 2 rings (SSSR count). The summed E-state index contributed by atoms with van der Waals surface area (Å²) in [5.74, 6) is 2.49. The number of nitrogens with one attached hydrogen (secondary N) is 1. The molecule has 0 aliphatic heterocycles. The first-order valence-electron chi connectivity index (χ1n) is 8.31. The Morgan fingerprint density at radius 2 is 1.89 bits per heavy atom. The standard InChI is InChI=1S/C16H31NOS/c1-3-10-17-15-9-8-13(2)11-16(15)19(18)12-14-6-4-5-7-14/h13-17H,3-12H2,1-2H3. The third-order valence-corrected chi connectivity index (χ3v) is 6.92. The molecule has 0 aromatic heterocycles. The lowest BCUT2D eigenvalue weighted by Crippen LogP contribution is -2.47. The van der Waals surface area contributed by atoms with E-state index in [2.05, 4.69) is 19.2 Å². The molecular formula is C16H31NOS. The molecule has 3 heteroatoms. The average Bonchev–Trinajstić information content (AvgIpc) is 2.90. The molecule has 0 radical (unpaired) electrons. The van der Waals surface area contributed by atoms with Crippen molar-refractivity contribution in [3.05, 3.63) is 0 Å². The van der Waals surface area contributed by atoms with Crippen LogP contribution in [-0.4, -0.2) is 27.8 Å². The van der Waals surface area contributed by atoms with E-state index in [1.807, 2.05) is 0 Å². The van der Waals surface area contributed by atoms with Crippen LogP contribution in [0.3, 0.4) is 0 Å². The van der Waals surface area contributed by atoms with Gasteiger partial charge in [-0.15, -0.1) is 0 Å². The van der Waals surface area contributed by atoms with Crippen LogP contribution >= 0.6 is 0 Å². The molecule has 1 N–H and O–H groups in total. The van der Waals surface area contributed by atoms with Gasteiger partial charge in [-0.25, -0.2) is 0 Å². The maximum Gasteiger partial charge on any atom is 0.0503 e. The number of rotatable bonds is 6. The molecule has 2 aliphatic carbocycles. The van der Waals surface area contributed by atoms with E-state index < -0.39 is 10.8 Å². The van der Waals surface area contributed by atoms with Crippen LogP contribution in [0.2, 0.25) is 0 Å². The highest BCUT2D eigenvalue weighted by atomic mass is 32.2. The Kier molecular flexibility index (Phi) is 6.34. The molecule has 4 atom stereocenters. The molecule has 0 saturated heterocycles. The second kappa shape index (κ2) is 7.78. The predicted octanol–water partition coefficient (Wildman–Crippen LogP) is 3.48. The Labute approximate surface area is 121 Å².